The second kappa shape index (κ2) is 10.7. The fourth-order valence-corrected chi connectivity index (χ4v) is 2.77. The molecule has 0 saturated heterocycles. The molecule has 146 valence electrons. The predicted octanol–water partition coefficient (Wildman–Crippen LogP) is 2.56. The first-order chi connectivity index (χ1) is 12.0. The first kappa shape index (κ1) is 22.7. The Balaban J connectivity index is 0.00000338. The number of carbonyl (C=O) groups is 1. The molecule has 26 heavy (non-hydrogen) atoms. The number of halogens is 1. The van der Waals surface area contributed by atoms with Crippen molar-refractivity contribution >= 4 is 41.5 Å². The summed E-state index contributed by atoms with van der Waals surface area (Å²) in [4.78, 5) is 18.6. The number of ether oxygens (including phenoxy) is 1. The number of nitrogens with zero attached hydrogens (tertiary/aromatic N) is 2. The number of amides is 1. The van der Waals surface area contributed by atoms with Gasteiger partial charge in [-0.15, -0.1) is 24.0 Å². The molecule has 2 rings (SSSR count). The van der Waals surface area contributed by atoms with E-state index in [9.17, 15) is 4.79 Å². The zero-order valence-corrected chi connectivity index (χ0v) is 18.5. The van der Waals surface area contributed by atoms with Crippen molar-refractivity contribution in [3.8, 4) is 0 Å². The number of guanidine groups is 1. The van der Waals surface area contributed by atoms with Crippen LogP contribution in [0.5, 0.6) is 0 Å². The van der Waals surface area contributed by atoms with Gasteiger partial charge < -0.3 is 20.3 Å². The summed E-state index contributed by atoms with van der Waals surface area (Å²) >= 11 is 0. The average molecular weight is 474 g/mol. The molecular formula is C19H31IN4O2. The van der Waals surface area contributed by atoms with Crippen molar-refractivity contribution in [2.45, 2.75) is 38.7 Å². The van der Waals surface area contributed by atoms with Crippen LogP contribution in [0.3, 0.4) is 0 Å². The Morgan fingerprint density at radius 3 is 2.73 bits per heavy atom. The van der Waals surface area contributed by atoms with Gasteiger partial charge in [-0.25, -0.2) is 0 Å². The molecule has 0 fully saturated rings. The molecule has 1 aliphatic rings. The van der Waals surface area contributed by atoms with Crippen LogP contribution in [0.4, 0.5) is 5.69 Å². The van der Waals surface area contributed by atoms with E-state index >= 15 is 0 Å². The third-order valence-electron chi connectivity index (χ3n) is 4.51. The predicted molar refractivity (Wildman–Crippen MR) is 118 cm³/mol. The molecule has 0 radical (unpaired) electrons. The van der Waals surface area contributed by atoms with Crippen LogP contribution in [0.1, 0.15) is 32.3 Å². The molecule has 0 saturated carbocycles. The van der Waals surface area contributed by atoms with Crippen LogP contribution in [0.25, 0.3) is 0 Å². The minimum absolute atomic E-state index is 0. The second-order valence-corrected chi connectivity index (χ2v) is 6.84. The summed E-state index contributed by atoms with van der Waals surface area (Å²) < 4.78 is 5.38. The summed E-state index contributed by atoms with van der Waals surface area (Å²) in [5, 5.41) is 6.48. The molecule has 0 aliphatic carbocycles. The molecule has 0 bridgehead atoms. The molecule has 1 aliphatic heterocycles. The lowest BCUT2D eigenvalue weighted by Gasteiger charge is -2.24. The number of carbonyl (C=O) groups excluding carboxylic acids is 1. The van der Waals surface area contributed by atoms with E-state index in [2.05, 4.69) is 21.7 Å². The number of hydrogen-bond donors (Lipinski definition) is 2. The van der Waals surface area contributed by atoms with Crippen LogP contribution < -0.4 is 15.5 Å². The molecule has 0 unspecified atom stereocenters. The summed E-state index contributed by atoms with van der Waals surface area (Å²) in [5.41, 5.74) is 2.08. The van der Waals surface area contributed by atoms with Crippen molar-refractivity contribution in [1.82, 2.24) is 10.6 Å². The number of aliphatic imine (C=N–C) groups is 1. The van der Waals surface area contributed by atoms with Gasteiger partial charge >= 0.3 is 0 Å². The Kier molecular flexibility index (Phi) is 9.35. The number of hydrogen-bond acceptors (Lipinski definition) is 3. The number of anilines is 1. The molecule has 7 heteroatoms. The summed E-state index contributed by atoms with van der Waals surface area (Å²) in [6, 6.07) is 8.15. The molecule has 1 amide bonds. The molecule has 0 spiro atoms. The average Bonchev–Trinajstić information content (AvgIpc) is 3.05. The van der Waals surface area contributed by atoms with Crippen LogP contribution >= 0.6 is 24.0 Å². The van der Waals surface area contributed by atoms with Gasteiger partial charge in [-0.05, 0) is 38.3 Å². The number of methoxy groups -OCH3 is 1. The number of nitrogens with one attached hydrogen (secondary N) is 2. The van der Waals surface area contributed by atoms with Gasteiger partial charge in [0, 0.05) is 45.9 Å². The zero-order valence-electron chi connectivity index (χ0n) is 16.2. The van der Waals surface area contributed by atoms with Gasteiger partial charge in [0.1, 0.15) is 0 Å². The van der Waals surface area contributed by atoms with Gasteiger partial charge in [0.25, 0.3) is 0 Å². The third kappa shape index (κ3) is 6.42. The quantitative estimate of drug-likeness (QED) is 0.276. The lowest BCUT2D eigenvalue weighted by molar-refractivity contribution is -0.118. The minimum atomic E-state index is -0.253. The molecule has 6 nitrogen and oxygen atoms in total. The van der Waals surface area contributed by atoms with E-state index in [-0.39, 0.29) is 35.5 Å². The number of fused-ring (bicyclic) bond motifs is 1. The van der Waals surface area contributed by atoms with E-state index in [1.54, 1.807) is 14.2 Å². The van der Waals surface area contributed by atoms with Gasteiger partial charge in [0.2, 0.25) is 5.91 Å². The molecule has 0 aromatic heterocycles. The van der Waals surface area contributed by atoms with E-state index in [0.29, 0.717) is 19.5 Å². The molecular weight excluding hydrogens is 443 g/mol. The molecule has 1 heterocycles. The maximum absolute atomic E-state index is 12.5. The van der Waals surface area contributed by atoms with Crippen LogP contribution in [-0.2, 0) is 16.0 Å². The van der Waals surface area contributed by atoms with E-state index in [4.69, 9.17) is 4.74 Å². The van der Waals surface area contributed by atoms with Crippen molar-refractivity contribution in [3.63, 3.8) is 0 Å². The summed E-state index contributed by atoms with van der Waals surface area (Å²) in [5.74, 6) is 0.916. The highest BCUT2D eigenvalue weighted by Crippen LogP contribution is 2.27. The Morgan fingerprint density at radius 2 is 2.04 bits per heavy atom. The third-order valence-corrected chi connectivity index (χ3v) is 4.51. The molecule has 2 N–H and O–H groups in total. The first-order valence-corrected chi connectivity index (χ1v) is 8.85. The molecule has 1 aromatic carbocycles. The number of rotatable bonds is 7. The van der Waals surface area contributed by atoms with Gasteiger partial charge in [-0.2, -0.15) is 0 Å². The zero-order chi connectivity index (χ0) is 18.3. The van der Waals surface area contributed by atoms with Gasteiger partial charge in [0.15, 0.2) is 5.96 Å². The molecule has 0 atom stereocenters. The Bertz CT molecular complexity index is 619. The van der Waals surface area contributed by atoms with Crippen molar-refractivity contribution in [2.24, 2.45) is 4.99 Å². The normalized spacial score (nSPS) is 13.8. The first-order valence-electron chi connectivity index (χ1n) is 8.85. The van der Waals surface area contributed by atoms with E-state index < -0.39 is 0 Å². The highest BCUT2D eigenvalue weighted by molar-refractivity contribution is 14.0. The van der Waals surface area contributed by atoms with Crippen molar-refractivity contribution < 1.29 is 9.53 Å². The fourth-order valence-electron chi connectivity index (χ4n) is 2.77. The Morgan fingerprint density at radius 1 is 1.31 bits per heavy atom. The van der Waals surface area contributed by atoms with Crippen LogP contribution in [-0.4, -0.2) is 51.3 Å². The van der Waals surface area contributed by atoms with Gasteiger partial charge in [-0.3, -0.25) is 9.79 Å². The largest absolute Gasteiger partial charge is 0.377 e. The van der Waals surface area contributed by atoms with Crippen molar-refractivity contribution in [1.29, 1.82) is 0 Å². The summed E-state index contributed by atoms with van der Waals surface area (Å²) in [7, 11) is 3.43. The van der Waals surface area contributed by atoms with Crippen LogP contribution in [0, 0.1) is 0 Å². The maximum atomic E-state index is 12.5. The SMILES string of the molecule is CN=C(NCCCC(=O)N1CCc2ccccc21)NCC(C)(C)OC.I. The van der Waals surface area contributed by atoms with E-state index in [0.717, 1.165) is 31.0 Å². The number of benzene rings is 1. The lowest BCUT2D eigenvalue weighted by atomic mass is 10.1. The highest BCUT2D eigenvalue weighted by atomic mass is 127. The summed E-state index contributed by atoms with van der Waals surface area (Å²) in [6.45, 7) is 6.18. The smallest absolute Gasteiger partial charge is 0.227 e. The summed E-state index contributed by atoms with van der Waals surface area (Å²) in [6.07, 6.45) is 2.25. The standard InChI is InChI=1S/C19H30N4O2.HI/c1-19(2,25-4)14-22-18(20-3)21-12-7-10-17(24)23-13-11-15-8-5-6-9-16(15)23;/h5-6,8-9H,7,10-14H2,1-4H3,(H2,20,21,22);1H. The maximum Gasteiger partial charge on any atom is 0.227 e. The van der Waals surface area contributed by atoms with Crippen LogP contribution in [0.15, 0.2) is 29.3 Å². The van der Waals surface area contributed by atoms with Gasteiger partial charge in [0.05, 0.1) is 5.60 Å². The topological polar surface area (TPSA) is 66.0 Å². The Hall–Kier alpha value is -1.35. The number of para-hydroxylation sites is 1. The minimum Gasteiger partial charge on any atom is -0.377 e. The molecule has 1 aromatic rings. The highest BCUT2D eigenvalue weighted by Gasteiger charge is 2.23. The van der Waals surface area contributed by atoms with Crippen molar-refractivity contribution in [3.05, 3.63) is 29.8 Å². The lowest BCUT2D eigenvalue weighted by Crippen LogP contribution is -2.45. The van der Waals surface area contributed by atoms with E-state index in [1.807, 2.05) is 36.9 Å². The monoisotopic (exact) mass is 474 g/mol. The van der Waals surface area contributed by atoms with Crippen LogP contribution in [0.2, 0.25) is 0 Å². The Labute approximate surface area is 173 Å². The fraction of sp³-hybridized carbons (Fsp3) is 0.579. The second-order valence-electron chi connectivity index (χ2n) is 6.84. The van der Waals surface area contributed by atoms with Crippen molar-refractivity contribution in [2.75, 3.05) is 38.7 Å². The van der Waals surface area contributed by atoms with E-state index in [1.165, 1.54) is 5.56 Å². The van der Waals surface area contributed by atoms with Gasteiger partial charge in [-0.1, -0.05) is 18.2 Å².